The van der Waals surface area contributed by atoms with Crippen LogP contribution in [0, 0.1) is 0 Å². The van der Waals surface area contributed by atoms with Crippen LogP contribution in [0.3, 0.4) is 0 Å². The molecule has 1 fully saturated rings. The minimum absolute atomic E-state index is 0.0942. The van der Waals surface area contributed by atoms with Gasteiger partial charge in [-0.1, -0.05) is 18.6 Å². The lowest BCUT2D eigenvalue weighted by Crippen LogP contribution is -2.25. The Morgan fingerprint density at radius 3 is 2.60 bits per heavy atom. The molecular weight excluding hydrogens is 186 g/mol. The Balaban J connectivity index is 2.38. The summed E-state index contributed by atoms with van der Waals surface area (Å²) in [6.45, 7) is 6.39. The van der Waals surface area contributed by atoms with Crippen molar-refractivity contribution in [2.75, 3.05) is 0 Å². The van der Waals surface area contributed by atoms with Crippen LogP contribution in [0.2, 0.25) is 0 Å². The summed E-state index contributed by atoms with van der Waals surface area (Å²) in [5.74, 6) is 0. The number of hydrogen-bond acceptors (Lipinski definition) is 2. The van der Waals surface area contributed by atoms with Crippen LogP contribution in [0.25, 0.3) is 0 Å². The summed E-state index contributed by atoms with van der Waals surface area (Å²) in [5.41, 5.74) is 2.59. The van der Waals surface area contributed by atoms with Gasteiger partial charge in [-0.05, 0) is 45.6 Å². The Hall–Kier alpha value is -0.760. The van der Waals surface area contributed by atoms with Crippen molar-refractivity contribution >= 4 is 0 Å². The topological polar surface area (TPSA) is 32.3 Å². The summed E-state index contributed by atoms with van der Waals surface area (Å²) in [4.78, 5) is 0. The number of aliphatic hydroxyl groups excluding tert-OH is 1. The van der Waals surface area contributed by atoms with Gasteiger partial charge < -0.3 is 10.4 Å². The van der Waals surface area contributed by atoms with Crippen LogP contribution in [0.1, 0.15) is 46.5 Å². The van der Waals surface area contributed by atoms with E-state index in [2.05, 4.69) is 38.2 Å². The predicted molar refractivity (Wildman–Crippen MR) is 64.6 cm³/mol. The predicted octanol–water partition coefficient (Wildman–Crippen LogP) is 2.75. The van der Waals surface area contributed by atoms with Crippen molar-refractivity contribution in [3.63, 3.8) is 0 Å². The molecule has 0 aromatic carbocycles. The third-order valence-electron chi connectivity index (χ3n) is 3.01. The van der Waals surface area contributed by atoms with Crippen LogP contribution in [0.5, 0.6) is 0 Å². The maximum Gasteiger partial charge on any atom is 0.0560 e. The van der Waals surface area contributed by atoms with Crippen molar-refractivity contribution in [3.05, 3.63) is 23.4 Å². The standard InChI is InChI=1S/C13H23NO/c1-4-10(2)5-6-11(3)14-12-7-8-13(15)9-12/h5-6,12-15H,4,7-9H2,1-3H3/b10-5-,11-6+/t12-,13?/m0/s1. The summed E-state index contributed by atoms with van der Waals surface area (Å²) in [7, 11) is 0. The SMILES string of the molecule is CC/C(C)=C\C=C(/C)N[C@H]1CCC(O)C1. The highest BCUT2D eigenvalue weighted by Crippen LogP contribution is 2.19. The van der Waals surface area contributed by atoms with Gasteiger partial charge in [0.15, 0.2) is 0 Å². The average Bonchev–Trinajstić information content (AvgIpc) is 2.60. The Morgan fingerprint density at radius 1 is 1.33 bits per heavy atom. The minimum Gasteiger partial charge on any atom is -0.393 e. The molecule has 0 radical (unpaired) electrons. The Bertz CT molecular complexity index is 255. The normalized spacial score (nSPS) is 28.3. The molecule has 0 saturated heterocycles. The second-order valence-corrected chi connectivity index (χ2v) is 4.52. The van der Waals surface area contributed by atoms with E-state index in [0.29, 0.717) is 6.04 Å². The van der Waals surface area contributed by atoms with Gasteiger partial charge in [-0.3, -0.25) is 0 Å². The van der Waals surface area contributed by atoms with Crippen LogP contribution < -0.4 is 5.32 Å². The molecule has 1 aliphatic rings. The highest BCUT2D eigenvalue weighted by Gasteiger charge is 2.21. The number of aliphatic hydroxyl groups is 1. The van der Waals surface area contributed by atoms with Crippen molar-refractivity contribution in [2.45, 2.75) is 58.6 Å². The lowest BCUT2D eigenvalue weighted by Gasteiger charge is -2.13. The van der Waals surface area contributed by atoms with Gasteiger partial charge in [-0.15, -0.1) is 0 Å². The van der Waals surface area contributed by atoms with Crippen LogP contribution in [0.4, 0.5) is 0 Å². The van der Waals surface area contributed by atoms with Gasteiger partial charge in [0.25, 0.3) is 0 Å². The molecule has 0 amide bonds. The van der Waals surface area contributed by atoms with Crippen molar-refractivity contribution in [1.29, 1.82) is 0 Å². The Morgan fingerprint density at radius 2 is 2.07 bits per heavy atom. The lowest BCUT2D eigenvalue weighted by molar-refractivity contribution is 0.180. The van der Waals surface area contributed by atoms with E-state index in [0.717, 1.165) is 25.7 Å². The van der Waals surface area contributed by atoms with Crippen LogP contribution in [-0.2, 0) is 0 Å². The molecular formula is C13H23NO. The molecule has 0 aromatic heterocycles. The largest absolute Gasteiger partial charge is 0.393 e. The zero-order valence-electron chi connectivity index (χ0n) is 10.1. The highest BCUT2D eigenvalue weighted by molar-refractivity contribution is 5.14. The summed E-state index contributed by atoms with van der Waals surface area (Å²) in [6, 6.07) is 0.464. The van der Waals surface area contributed by atoms with Gasteiger partial charge in [0, 0.05) is 11.7 Å². The Kier molecular flexibility index (Phi) is 4.89. The maximum atomic E-state index is 9.40. The highest BCUT2D eigenvalue weighted by atomic mass is 16.3. The number of allylic oxidation sites excluding steroid dienone is 4. The molecule has 1 saturated carbocycles. The first kappa shape index (κ1) is 12.3. The molecule has 2 heteroatoms. The molecule has 0 aromatic rings. The van der Waals surface area contributed by atoms with Gasteiger partial charge in [-0.25, -0.2) is 0 Å². The summed E-state index contributed by atoms with van der Waals surface area (Å²) < 4.78 is 0. The zero-order chi connectivity index (χ0) is 11.3. The van der Waals surface area contributed by atoms with Crippen LogP contribution in [0.15, 0.2) is 23.4 Å². The first-order chi connectivity index (χ1) is 7.11. The van der Waals surface area contributed by atoms with E-state index in [1.165, 1.54) is 11.3 Å². The maximum absolute atomic E-state index is 9.40. The van der Waals surface area contributed by atoms with Gasteiger partial charge in [0.05, 0.1) is 6.10 Å². The molecule has 15 heavy (non-hydrogen) atoms. The fraction of sp³-hybridized carbons (Fsp3) is 0.692. The molecule has 0 bridgehead atoms. The van der Waals surface area contributed by atoms with E-state index in [1.54, 1.807) is 0 Å². The third-order valence-corrected chi connectivity index (χ3v) is 3.01. The van der Waals surface area contributed by atoms with Crippen molar-refractivity contribution in [1.82, 2.24) is 5.32 Å². The molecule has 2 atom stereocenters. The molecule has 0 aliphatic heterocycles. The fourth-order valence-corrected chi connectivity index (χ4v) is 1.84. The summed E-state index contributed by atoms with van der Waals surface area (Å²) in [6.07, 6.45) is 8.21. The lowest BCUT2D eigenvalue weighted by atomic mass is 10.2. The molecule has 1 rings (SSSR count). The minimum atomic E-state index is -0.0942. The summed E-state index contributed by atoms with van der Waals surface area (Å²) >= 11 is 0. The van der Waals surface area contributed by atoms with Crippen molar-refractivity contribution in [3.8, 4) is 0 Å². The zero-order valence-corrected chi connectivity index (χ0v) is 10.1. The van der Waals surface area contributed by atoms with E-state index in [4.69, 9.17) is 0 Å². The second-order valence-electron chi connectivity index (χ2n) is 4.52. The molecule has 0 heterocycles. The van der Waals surface area contributed by atoms with E-state index in [-0.39, 0.29) is 6.10 Å². The number of hydrogen-bond donors (Lipinski definition) is 2. The first-order valence-corrected chi connectivity index (χ1v) is 5.90. The molecule has 0 spiro atoms. The molecule has 86 valence electrons. The van der Waals surface area contributed by atoms with Crippen LogP contribution >= 0.6 is 0 Å². The van der Waals surface area contributed by atoms with E-state index in [1.807, 2.05) is 0 Å². The quantitative estimate of drug-likeness (QED) is 0.698. The second kappa shape index (κ2) is 5.96. The monoisotopic (exact) mass is 209 g/mol. The van der Waals surface area contributed by atoms with E-state index in [9.17, 15) is 5.11 Å². The van der Waals surface area contributed by atoms with Crippen molar-refractivity contribution < 1.29 is 5.11 Å². The van der Waals surface area contributed by atoms with Gasteiger partial charge in [0.2, 0.25) is 0 Å². The Labute approximate surface area is 93.1 Å². The smallest absolute Gasteiger partial charge is 0.0560 e. The first-order valence-electron chi connectivity index (χ1n) is 5.90. The summed E-state index contributed by atoms with van der Waals surface area (Å²) in [5, 5.41) is 12.8. The van der Waals surface area contributed by atoms with Crippen LogP contribution in [-0.4, -0.2) is 17.3 Å². The molecule has 2 N–H and O–H groups in total. The molecule has 2 nitrogen and oxygen atoms in total. The third kappa shape index (κ3) is 4.52. The fourth-order valence-electron chi connectivity index (χ4n) is 1.84. The average molecular weight is 209 g/mol. The van der Waals surface area contributed by atoms with Gasteiger partial charge >= 0.3 is 0 Å². The van der Waals surface area contributed by atoms with E-state index < -0.39 is 0 Å². The van der Waals surface area contributed by atoms with E-state index >= 15 is 0 Å². The van der Waals surface area contributed by atoms with Crippen molar-refractivity contribution in [2.24, 2.45) is 0 Å². The number of rotatable bonds is 4. The van der Waals surface area contributed by atoms with Gasteiger partial charge in [-0.2, -0.15) is 0 Å². The number of nitrogens with one attached hydrogen (secondary N) is 1. The van der Waals surface area contributed by atoms with Gasteiger partial charge in [0.1, 0.15) is 0 Å². The molecule has 1 unspecified atom stereocenters. The molecule has 1 aliphatic carbocycles.